The van der Waals surface area contributed by atoms with Crippen molar-refractivity contribution in [1.29, 1.82) is 0 Å². The Morgan fingerprint density at radius 3 is 1.50 bits per heavy atom. The van der Waals surface area contributed by atoms with E-state index in [1.807, 2.05) is 42.5 Å². The molecule has 0 aliphatic carbocycles. The van der Waals surface area contributed by atoms with E-state index in [-0.39, 0.29) is 28.8 Å². The van der Waals surface area contributed by atoms with E-state index in [4.69, 9.17) is 0 Å². The molecule has 0 aromatic heterocycles. The fourth-order valence-electron chi connectivity index (χ4n) is 8.58. The van der Waals surface area contributed by atoms with Gasteiger partial charge in [0.1, 0.15) is 11.6 Å². The summed E-state index contributed by atoms with van der Waals surface area (Å²) in [5.41, 5.74) is 7.57. The van der Waals surface area contributed by atoms with Crippen LogP contribution in [0.4, 0.5) is 20.2 Å². The molecule has 4 aromatic rings. The monoisotopic (exact) mass is 678 g/mol. The second-order valence-corrected chi connectivity index (χ2v) is 15.3. The van der Waals surface area contributed by atoms with Crippen LogP contribution in [0.2, 0.25) is 0 Å². The number of anilines is 2. The molecule has 0 saturated carbocycles. The number of piperidine rings is 2. The molecule has 4 aliphatic rings. The van der Waals surface area contributed by atoms with Gasteiger partial charge in [-0.3, -0.25) is 9.80 Å². The molecular formula is C43H52F2N4O. The third-order valence-corrected chi connectivity index (χ3v) is 11.8. The van der Waals surface area contributed by atoms with Crippen molar-refractivity contribution in [2.45, 2.75) is 94.5 Å². The van der Waals surface area contributed by atoms with E-state index in [1.54, 1.807) is 12.1 Å². The molecule has 2 saturated heterocycles. The predicted octanol–water partition coefficient (Wildman–Crippen LogP) is 9.27. The Morgan fingerprint density at radius 2 is 1.00 bits per heavy atom. The molecular weight excluding hydrogens is 626 g/mol. The van der Waals surface area contributed by atoms with Gasteiger partial charge < -0.3 is 15.7 Å². The summed E-state index contributed by atoms with van der Waals surface area (Å²) in [6.45, 7) is 8.37. The first kappa shape index (κ1) is 34.7. The summed E-state index contributed by atoms with van der Waals surface area (Å²) >= 11 is 0. The Morgan fingerprint density at radius 1 is 0.580 bits per heavy atom. The predicted molar refractivity (Wildman–Crippen MR) is 199 cm³/mol. The lowest BCUT2D eigenvalue weighted by atomic mass is 9.82. The largest absolute Gasteiger partial charge is 0.388 e. The molecule has 2 unspecified atom stereocenters. The zero-order valence-electron chi connectivity index (χ0n) is 29.4. The summed E-state index contributed by atoms with van der Waals surface area (Å²) in [5, 5.41) is 18.1. The van der Waals surface area contributed by atoms with Gasteiger partial charge in [-0.05, 0) is 110 Å². The van der Waals surface area contributed by atoms with E-state index in [0.717, 1.165) is 81.8 Å². The number of aliphatic hydroxyl groups excluding tert-OH is 1. The second-order valence-electron chi connectivity index (χ2n) is 15.3. The number of rotatable bonds is 4. The van der Waals surface area contributed by atoms with Crippen LogP contribution in [0.5, 0.6) is 0 Å². The molecule has 264 valence electrons. The number of benzene rings is 4. The Balaban J connectivity index is 0.000000157. The maximum atomic E-state index is 13.1. The first-order valence-electron chi connectivity index (χ1n) is 18.6. The Bertz CT molecular complexity index is 1570. The summed E-state index contributed by atoms with van der Waals surface area (Å²) in [7, 11) is 0. The Kier molecular flexibility index (Phi) is 10.6. The van der Waals surface area contributed by atoms with Crippen LogP contribution in [-0.4, -0.2) is 52.2 Å². The van der Waals surface area contributed by atoms with Crippen molar-refractivity contribution in [2.75, 3.05) is 36.8 Å². The fourth-order valence-corrected chi connectivity index (χ4v) is 8.58. The van der Waals surface area contributed by atoms with Crippen molar-refractivity contribution in [1.82, 2.24) is 9.80 Å². The molecule has 2 spiro atoms. The number of hydrogen-bond acceptors (Lipinski definition) is 5. The van der Waals surface area contributed by atoms with Gasteiger partial charge in [0.15, 0.2) is 0 Å². The summed E-state index contributed by atoms with van der Waals surface area (Å²) in [4.78, 5) is 4.94. The smallest absolute Gasteiger partial charge is 0.123 e. The zero-order chi connectivity index (χ0) is 34.6. The van der Waals surface area contributed by atoms with Crippen molar-refractivity contribution in [3.63, 3.8) is 0 Å². The zero-order valence-corrected chi connectivity index (χ0v) is 29.4. The maximum absolute atomic E-state index is 13.1. The van der Waals surface area contributed by atoms with E-state index in [2.05, 4.69) is 57.7 Å². The summed E-state index contributed by atoms with van der Waals surface area (Å²) in [5.74, 6) is 0.290. The minimum atomic E-state index is -0.375. The molecule has 5 nitrogen and oxygen atoms in total. The highest BCUT2D eigenvalue weighted by Crippen LogP contribution is 2.42. The van der Waals surface area contributed by atoms with Gasteiger partial charge in [0.05, 0.1) is 6.10 Å². The standard InChI is InChI=1S/C22H27FN2.C21H25FN2O/c1-17-10-11-22(24-21-5-3-2-4-20(17)21)12-14-25(15-13-22)16-18-6-8-19(23)9-7-18;22-17-7-5-16(6-8-17)15-24-13-11-21(12-14-24)10-9-20(25)18-3-1-2-4-19(18)23-21/h2-9,17,24H,10-16H2,1H3;1-8,20,23,25H,9-15H2. The number of nitrogens with one attached hydrogen (secondary N) is 2. The van der Waals surface area contributed by atoms with Crippen LogP contribution in [0.15, 0.2) is 97.1 Å². The lowest BCUT2D eigenvalue weighted by Crippen LogP contribution is -2.48. The number of nitrogens with zero attached hydrogens (tertiary/aromatic N) is 2. The van der Waals surface area contributed by atoms with E-state index in [9.17, 15) is 13.9 Å². The van der Waals surface area contributed by atoms with Crippen LogP contribution in [0.1, 0.15) is 92.6 Å². The number of halogens is 2. The molecule has 4 heterocycles. The Hall–Kier alpha value is -3.78. The van der Waals surface area contributed by atoms with Crippen molar-refractivity contribution < 1.29 is 13.9 Å². The number of para-hydroxylation sites is 2. The van der Waals surface area contributed by atoms with E-state index >= 15 is 0 Å². The number of hydrogen-bond donors (Lipinski definition) is 3. The molecule has 0 radical (unpaired) electrons. The third-order valence-electron chi connectivity index (χ3n) is 11.8. The summed E-state index contributed by atoms with van der Waals surface area (Å²) in [6, 6.07) is 30.7. The molecule has 2 atom stereocenters. The normalized spacial score (nSPS) is 22.9. The first-order valence-corrected chi connectivity index (χ1v) is 18.6. The topological polar surface area (TPSA) is 50.8 Å². The van der Waals surface area contributed by atoms with Crippen molar-refractivity contribution in [2.24, 2.45) is 0 Å². The molecule has 2 fully saturated rings. The van der Waals surface area contributed by atoms with Crippen LogP contribution >= 0.6 is 0 Å². The van der Waals surface area contributed by atoms with Gasteiger partial charge in [0.2, 0.25) is 0 Å². The van der Waals surface area contributed by atoms with Gasteiger partial charge in [-0.15, -0.1) is 0 Å². The molecule has 0 bridgehead atoms. The maximum Gasteiger partial charge on any atom is 0.123 e. The highest BCUT2D eigenvalue weighted by molar-refractivity contribution is 5.56. The van der Waals surface area contributed by atoms with E-state index in [1.165, 1.54) is 54.6 Å². The highest BCUT2D eigenvalue weighted by Gasteiger charge is 2.38. The number of likely N-dealkylation sites (tertiary alicyclic amines) is 2. The average molecular weight is 679 g/mol. The molecule has 3 N–H and O–H groups in total. The molecule has 50 heavy (non-hydrogen) atoms. The first-order chi connectivity index (χ1) is 24.3. The number of aliphatic hydroxyl groups is 1. The van der Waals surface area contributed by atoms with Crippen molar-refractivity contribution >= 4 is 11.4 Å². The summed E-state index contributed by atoms with van der Waals surface area (Å²) in [6.07, 6.45) is 8.40. The summed E-state index contributed by atoms with van der Waals surface area (Å²) < 4.78 is 26.1. The lowest BCUT2D eigenvalue weighted by molar-refractivity contribution is 0.131. The second kappa shape index (κ2) is 15.2. The lowest BCUT2D eigenvalue weighted by Gasteiger charge is -2.42. The van der Waals surface area contributed by atoms with E-state index in [0.29, 0.717) is 5.92 Å². The molecule has 7 heteroatoms. The number of fused-ring (bicyclic) bond motifs is 2. The van der Waals surface area contributed by atoms with Crippen molar-refractivity contribution in [3.8, 4) is 0 Å². The van der Waals surface area contributed by atoms with E-state index < -0.39 is 0 Å². The quantitative estimate of drug-likeness (QED) is 0.201. The minimum absolute atomic E-state index is 0.0763. The van der Waals surface area contributed by atoms with Crippen LogP contribution in [0.25, 0.3) is 0 Å². The molecule has 4 aromatic carbocycles. The average Bonchev–Trinajstić information content (AvgIpc) is 3.36. The van der Waals surface area contributed by atoms with Crippen molar-refractivity contribution in [3.05, 3.63) is 131 Å². The highest BCUT2D eigenvalue weighted by atomic mass is 19.1. The van der Waals surface area contributed by atoms with Crippen LogP contribution < -0.4 is 10.6 Å². The van der Waals surface area contributed by atoms with Gasteiger partial charge >= 0.3 is 0 Å². The van der Waals surface area contributed by atoms with Crippen LogP contribution in [0, 0.1) is 11.6 Å². The minimum Gasteiger partial charge on any atom is -0.388 e. The third kappa shape index (κ3) is 8.22. The van der Waals surface area contributed by atoms with Crippen LogP contribution in [-0.2, 0) is 13.1 Å². The Labute approximate surface area is 296 Å². The van der Waals surface area contributed by atoms with Gasteiger partial charge in [0, 0.05) is 67.3 Å². The fraction of sp³-hybridized carbons (Fsp3) is 0.442. The van der Waals surface area contributed by atoms with Gasteiger partial charge in [0.25, 0.3) is 0 Å². The SMILES string of the molecule is CC1CCC2(CCN(Cc3ccc(F)cc3)CC2)Nc2ccccc21.OC1CCC2(CCN(Cc3ccc(F)cc3)CC2)Nc2ccccc21. The molecule has 4 aliphatic heterocycles. The van der Waals surface area contributed by atoms with Gasteiger partial charge in [-0.1, -0.05) is 67.6 Å². The van der Waals surface area contributed by atoms with Gasteiger partial charge in [-0.25, -0.2) is 8.78 Å². The molecule has 8 rings (SSSR count). The van der Waals surface area contributed by atoms with Gasteiger partial charge in [-0.2, -0.15) is 0 Å². The molecule has 0 amide bonds. The van der Waals surface area contributed by atoms with Crippen LogP contribution in [0.3, 0.4) is 0 Å².